The lowest BCUT2D eigenvalue weighted by Gasteiger charge is -2.13. The fourth-order valence-electron chi connectivity index (χ4n) is 3.34. The minimum Gasteiger partial charge on any atom is -0.384 e. The SMILES string of the molecule is CC(C)Cn1c(-c2ccccc2)nc(C2CCCC2)c1N. The minimum absolute atomic E-state index is 0.556. The zero-order valence-corrected chi connectivity index (χ0v) is 13.0. The summed E-state index contributed by atoms with van der Waals surface area (Å²) < 4.78 is 2.22. The Bertz CT molecular complexity index is 592. The lowest BCUT2D eigenvalue weighted by Crippen LogP contribution is -2.10. The van der Waals surface area contributed by atoms with Crippen LogP contribution in [0.5, 0.6) is 0 Å². The molecule has 0 saturated heterocycles. The second-order valence-corrected chi connectivity index (χ2v) is 6.56. The molecule has 3 heteroatoms. The Labute approximate surface area is 127 Å². The molecule has 112 valence electrons. The molecule has 2 aromatic rings. The van der Waals surface area contributed by atoms with Crippen LogP contribution in [-0.2, 0) is 6.54 Å². The van der Waals surface area contributed by atoms with Gasteiger partial charge in [-0.3, -0.25) is 0 Å². The van der Waals surface area contributed by atoms with Crippen LogP contribution in [0.25, 0.3) is 11.4 Å². The number of aromatic nitrogens is 2. The maximum Gasteiger partial charge on any atom is 0.141 e. The Hall–Kier alpha value is -1.77. The highest BCUT2D eigenvalue weighted by Gasteiger charge is 2.25. The fraction of sp³-hybridized carbons (Fsp3) is 0.500. The number of benzene rings is 1. The Morgan fingerprint density at radius 2 is 1.86 bits per heavy atom. The van der Waals surface area contributed by atoms with Crippen LogP contribution in [0.3, 0.4) is 0 Å². The summed E-state index contributed by atoms with van der Waals surface area (Å²) in [4.78, 5) is 4.95. The van der Waals surface area contributed by atoms with E-state index in [1.807, 2.05) is 6.07 Å². The molecule has 0 amide bonds. The van der Waals surface area contributed by atoms with Crippen molar-refractivity contribution >= 4 is 5.82 Å². The van der Waals surface area contributed by atoms with E-state index < -0.39 is 0 Å². The molecule has 0 radical (unpaired) electrons. The van der Waals surface area contributed by atoms with Gasteiger partial charge >= 0.3 is 0 Å². The molecule has 3 rings (SSSR count). The topological polar surface area (TPSA) is 43.8 Å². The average Bonchev–Trinajstić information content (AvgIpc) is 3.09. The van der Waals surface area contributed by atoms with Gasteiger partial charge in [0.1, 0.15) is 11.6 Å². The zero-order valence-electron chi connectivity index (χ0n) is 13.0. The molecule has 0 spiro atoms. The second-order valence-electron chi connectivity index (χ2n) is 6.56. The van der Waals surface area contributed by atoms with Crippen molar-refractivity contribution in [3.63, 3.8) is 0 Å². The number of nitrogens with zero attached hydrogens (tertiary/aromatic N) is 2. The number of hydrogen-bond acceptors (Lipinski definition) is 2. The third-order valence-corrected chi connectivity index (χ3v) is 4.36. The third kappa shape index (κ3) is 2.82. The van der Waals surface area contributed by atoms with Gasteiger partial charge < -0.3 is 10.3 Å². The number of nitrogen functional groups attached to an aromatic ring is 1. The summed E-state index contributed by atoms with van der Waals surface area (Å²) in [6.07, 6.45) is 5.08. The molecule has 0 aliphatic heterocycles. The molecule has 2 N–H and O–H groups in total. The number of imidazole rings is 1. The van der Waals surface area contributed by atoms with E-state index in [1.54, 1.807) is 0 Å². The van der Waals surface area contributed by atoms with Crippen LogP contribution in [-0.4, -0.2) is 9.55 Å². The first-order valence-corrected chi connectivity index (χ1v) is 8.08. The summed E-state index contributed by atoms with van der Waals surface area (Å²) in [7, 11) is 0. The van der Waals surface area contributed by atoms with Crippen LogP contribution in [0.1, 0.15) is 51.1 Å². The molecule has 3 nitrogen and oxygen atoms in total. The van der Waals surface area contributed by atoms with Gasteiger partial charge in [0.2, 0.25) is 0 Å². The van der Waals surface area contributed by atoms with Crippen LogP contribution in [0.2, 0.25) is 0 Å². The Kier molecular flexibility index (Phi) is 4.00. The third-order valence-electron chi connectivity index (χ3n) is 4.36. The number of hydrogen-bond donors (Lipinski definition) is 1. The molecule has 1 saturated carbocycles. The molecule has 0 bridgehead atoms. The Morgan fingerprint density at radius 3 is 2.48 bits per heavy atom. The van der Waals surface area contributed by atoms with E-state index in [2.05, 4.69) is 42.7 Å². The normalized spacial score (nSPS) is 16.0. The lowest BCUT2D eigenvalue weighted by atomic mass is 10.0. The average molecular weight is 283 g/mol. The maximum atomic E-state index is 6.47. The molecule has 1 heterocycles. The molecule has 21 heavy (non-hydrogen) atoms. The summed E-state index contributed by atoms with van der Waals surface area (Å²) in [6, 6.07) is 10.4. The van der Waals surface area contributed by atoms with E-state index in [0.29, 0.717) is 11.8 Å². The zero-order chi connectivity index (χ0) is 14.8. The highest BCUT2D eigenvalue weighted by atomic mass is 15.1. The molecule has 1 fully saturated rings. The van der Waals surface area contributed by atoms with E-state index in [-0.39, 0.29) is 0 Å². The largest absolute Gasteiger partial charge is 0.384 e. The summed E-state index contributed by atoms with van der Waals surface area (Å²) in [6.45, 7) is 5.38. The Morgan fingerprint density at radius 1 is 1.19 bits per heavy atom. The van der Waals surface area contributed by atoms with Crippen molar-refractivity contribution in [3.8, 4) is 11.4 Å². The Balaban J connectivity index is 2.06. The fourth-order valence-corrected chi connectivity index (χ4v) is 3.34. The number of rotatable bonds is 4. The molecule has 1 aliphatic rings. The van der Waals surface area contributed by atoms with Crippen LogP contribution in [0.4, 0.5) is 5.82 Å². The van der Waals surface area contributed by atoms with Gasteiger partial charge in [0, 0.05) is 18.0 Å². The van der Waals surface area contributed by atoms with Gasteiger partial charge in [-0.05, 0) is 18.8 Å². The predicted molar refractivity (Wildman–Crippen MR) is 88.1 cm³/mol. The first-order chi connectivity index (χ1) is 10.2. The van der Waals surface area contributed by atoms with Gasteiger partial charge in [-0.2, -0.15) is 0 Å². The van der Waals surface area contributed by atoms with Crippen LogP contribution < -0.4 is 5.73 Å². The van der Waals surface area contributed by atoms with E-state index in [4.69, 9.17) is 10.7 Å². The van der Waals surface area contributed by atoms with Crippen LogP contribution in [0, 0.1) is 5.92 Å². The summed E-state index contributed by atoms with van der Waals surface area (Å²) >= 11 is 0. The van der Waals surface area contributed by atoms with E-state index in [9.17, 15) is 0 Å². The van der Waals surface area contributed by atoms with Gasteiger partial charge in [-0.25, -0.2) is 4.98 Å². The molecular formula is C18H25N3. The van der Waals surface area contributed by atoms with Gasteiger partial charge in [-0.15, -0.1) is 0 Å². The monoisotopic (exact) mass is 283 g/mol. The van der Waals surface area contributed by atoms with Crippen LogP contribution in [0.15, 0.2) is 30.3 Å². The summed E-state index contributed by atoms with van der Waals surface area (Å²) in [5.74, 6) is 3.03. The molecule has 1 aromatic carbocycles. The number of nitrogens with two attached hydrogens (primary N) is 1. The molecule has 1 aliphatic carbocycles. The van der Waals surface area contributed by atoms with Crippen molar-refractivity contribution in [2.75, 3.05) is 5.73 Å². The van der Waals surface area contributed by atoms with E-state index in [1.165, 1.54) is 25.7 Å². The van der Waals surface area contributed by atoms with Crippen LogP contribution >= 0.6 is 0 Å². The lowest BCUT2D eigenvalue weighted by molar-refractivity contribution is 0.530. The molecule has 0 atom stereocenters. The molecular weight excluding hydrogens is 258 g/mol. The van der Waals surface area contributed by atoms with Gasteiger partial charge in [-0.1, -0.05) is 57.0 Å². The quantitative estimate of drug-likeness (QED) is 0.901. The van der Waals surface area contributed by atoms with Gasteiger partial charge in [0.15, 0.2) is 0 Å². The van der Waals surface area contributed by atoms with Crippen molar-refractivity contribution < 1.29 is 0 Å². The smallest absolute Gasteiger partial charge is 0.141 e. The minimum atomic E-state index is 0.556. The first-order valence-electron chi connectivity index (χ1n) is 8.08. The van der Waals surface area contributed by atoms with Crippen molar-refractivity contribution in [1.29, 1.82) is 0 Å². The molecule has 1 aromatic heterocycles. The summed E-state index contributed by atoms with van der Waals surface area (Å²) in [5.41, 5.74) is 8.76. The second kappa shape index (κ2) is 5.92. The van der Waals surface area contributed by atoms with Crippen molar-refractivity contribution in [1.82, 2.24) is 9.55 Å². The maximum absolute atomic E-state index is 6.47. The van der Waals surface area contributed by atoms with Crippen molar-refractivity contribution in [2.24, 2.45) is 5.92 Å². The first kappa shape index (κ1) is 14.2. The predicted octanol–water partition coefficient (Wildman–Crippen LogP) is 4.45. The van der Waals surface area contributed by atoms with Gasteiger partial charge in [0.25, 0.3) is 0 Å². The van der Waals surface area contributed by atoms with Crippen molar-refractivity contribution in [2.45, 2.75) is 52.0 Å². The van der Waals surface area contributed by atoms with E-state index >= 15 is 0 Å². The number of anilines is 1. The van der Waals surface area contributed by atoms with Crippen molar-refractivity contribution in [3.05, 3.63) is 36.0 Å². The molecule has 0 unspecified atom stereocenters. The van der Waals surface area contributed by atoms with E-state index in [0.717, 1.165) is 29.4 Å². The summed E-state index contributed by atoms with van der Waals surface area (Å²) in [5, 5.41) is 0. The standard InChI is InChI=1S/C18H25N3/c1-13(2)12-21-17(19)16(14-8-6-7-9-14)20-18(21)15-10-4-3-5-11-15/h3-5,10-11,13-14H,6-9,12,19H2,1-2H3. The highest BCUT2D eigenvalue weighted by Crippen LogP contribution is 2.38. The van der Waals surface area contributed by atoms with Gasteiger partial charge in [0.05, 0.1) is 5.69 Å². The highest BCUT2D eigenvalue weighted by molar-refractivity contribution is 5.61.